The van der Waals surface area contributed by atoms with Gasteiger partial charge in [-0.25, -0.2) is 9.59 Å². The first-order valence-electron chi connectivity index (χ1n) is 10.9. The van der Waals surface area contributed by atoms with Crippen molar-refractivity contribution in [2.24, 2.45) is 0 Å². The van der Waals surface area contributed by atoms with Crippen LogP contribution in [0.2, 0.25) is 0 Å². The molecule has 8 nitrogen and oxygen atoms in total. The number of carbonyl (C=O) groups excluding carboxylic acids is 1. The number of aromatic hydroxyl groups is 1. The lowest BCUT2D eigenvalue weighted by Gasteiger charge is -2.15. The van der Waals surface area contributed by atoms with Crippen molar-refractivity contribution in [3.05, 3.63) is 74.8 Å². The maximum absolute atomic E-state index is 12.7. The van der Waals surface area contributed by atoms with Crippen molar-refractivity contribution in [1.29, 1.82) is 0 Å². The zero-order chi connectivity index (χ0) is 24.6. The molecule has 0 saturated heterocycles. The van der Waals surface area contributed by atoms with Gasteiger partial charge in [0.2, 0.25) is 5.91 Å². The molecule has 0 aliphatic carbocycles. The van der Waals surface area contributed by atoms with E-state index < -0.39 is 23.5 Å². The van der Waals surface area contributed by atoms with Crippen LogP contribution in [0, 0.1) is 20.8 Å². The van der Waals surface area contributed by atoms with E-state index in [9.17, 15) is 24.6 Å². The normalized spacial score (nSPS) is 12.2. The van der Waals surface area contributed by atoms with Crippen molar-refractivity contribution in [3.63, 3.8) is 0 Å². The second kappa shape index (κ2) is 9.05. The molecule has 1 amide bonds. The Hall–Kier alpha value is -4.07. The van der Waals surface area contributed by atoms with E-state index in [1.54, 1.807) is 18.4 Å². The molecule has 0 spiro atoms. The molecule has 0 bridgehead atoms. The zero-order valence-electron chi connectivity index (χ0n) is 19.1. The minimum atomic E-state index is -1.17. The Balaban J connectivity index is 1.54. The minimum absolute atomic E-state index is 0.0670. The smallest absolute Gasteiger partial charge is 0.339 e. The molecule has 0 fully saturated rings. The van der Waals surface area contributed by atoms with Gasteiger partial charge in [-0.2, -0.15) is 0 Å². The topological polar surface area (TPSA) is 130 Å². The summed E-state index contributed by atoms with van der Waals surface area (Å²) in [6.45, 7) is 5.59. The molecule has 0 saturated carbocycles. The highest BCUT2D eigenvalue weighted by molar-refractivity contribution is 5.99. The van der Waals surface area contributed by atoms with Crippen molar-refractivity contribution >= 4 is 33.8 Å². The van der Waals surface area contributed by atoms with E-state index in [0.717, 1.165) is 27.5 Å². The van der Waals surface area contributed by atoms with Gasteiger partial charge in [-0.3, -0.25) is 4.79 Å². The lowest BCUT2D eigenvalue weighted by atomic mass is 9.98. The van der Waals surface area contributed by atoms with Gasteiger partial charge in [0.25, 0.3) is 0 Å². The number of aliphatic carboxylic acids is 1. The third-order valence-corrected chi connectivity index (χ3v) is 6.15. The third-order valence-electron chi connectivity index (χ3n) is 6.15. The molecule has 34 heavy (non-hydrogen) atoms. The predicted molar refractivity (Wildman–Crippen MR) is 126 cm³/mol. The lowest BCUT2D eigenvalue weighted by molar-refractivity contribution is -0.141. The highest BCUT2D eigenvalue weighted by Gasteiger charge is 2.22. The molecular weight excluding hydrogens is 438 g/mol. The van der Waals surface area contributed by atoms with Crippen molar-refractivity contribution in [1.82, 2.24) is 5.32 Å². The summed E-state index contributed by atoms with van der Waals surface area (Å²) >= 11 is 0. The van der Waals surface area contributed by atoms with Crippen LogP contribution in [0.5, 0.6) is 5.75 Å². The van der Waals surface area contributed by atoms with Gasteiger partial charge < -0.3 is 24.4 Å². The summed E-state index contributed by atoms with van der Waals surface area (Å²) < 4.78 is 11.2. The van der Waals surface area contributed by atoms with Crippen LogP contribution in [0.15, 0.2) is 50.2 Å². The standard InChI is InChI=1S/C26H25NO7/c1-13-12-33-23-15(3)24-20(11-19(13)23)14(2)18(26(32)34-24)8-9-22(29)27-21(25(30)31)10-16-4-6-17(28)7-5-16/h4-7,11-12,21,28H,8-10H2,1-3H3,(H,27,29)(H,30,31). The van der Waals surface area contributed by atoms with Crippen LogP contribution in [0.3, 0.4) is 0 Å². The van der Waals surface area contributed by atoms with E-state index in [2.05, 4.69) is 5.32 Å². The van der Waals surface area contributed by atoms with E-state index in [1.165, 1.54) is 12.1 Å². The van der Waals surface area contributed by atoms with Crippen molar-refractivity contribution in [2.75, 3.05) is 0 Å². The van der Waals surface area contributed by atoms with Crippen LogP contribution in [0.25, 0.3) is 21.9 Å². The number of benzene rings is 2. The molecule has 0 radical (unpaired) electrons. The first kappa shape index (κ1) is 23.1. The number of nitrogens with one attached hydrogen (secondary N) is 1. The molecule has 2 heterocycles. The number of rotatable bonds is 7. The summed E-state index contributed by atoms with van der Waals surface area (Å²) in [7, 11) is 0. The van der Waals surface area contributed by atoms with E-state index >= 15 is 0 Å². The Labute approximate surface area is 194 Å². The number of phenolic OH excluding ortho intramolecular Hbond substituents is 1. The second-order valence-electron chi connectivity index (χ2n) is 8.50. The van der Waals surface area contributed by atoms with E-state index in [1.807, 2.05) is 26.8 Å². The van der Waals surface area contributed by atoms with Gasteiger partial charge >= 0.3 is 11.6 Å². The molecule has 2 aromatic heterocycles. The van der Waals surface area contributed by atoms with Crippen LogP contribution in [0.1, 0.15) is 34.2 Å². The van der Waals surface area contributed by atoms with Gasteiger partial charge in [0, 0.05) is 34.7 Å². The first-order chi connectivity index (χ1) is 16.2. The zero-order valence-corrected chi connectivity index (χ0v) is 19.1. The molecule has 2 aromatic carbocycles. The number of hydrogen-bond acceptors (Lipinski definition) is 6. The van der Waals surface area contributed by atoms with Crippen LogP contribution in [-0.2, 0) is 22.4 Å². The predicted octanol–water partition coefficient (Wildman–Crippen LogP) is 3.91. The fraction of sp³-hybridized carbons (Fsp3) is 0.269. The molecule has 4 aromatic rings. The van der Waals surface area contributed by atoms with Gasteiger partial charge in [-0.15, -0.1) is 0 Å². The highest BCUT2D eigenvalue weighted by Crippen LogP contribution is 2.32. The van der Waals surface area contributed by atoms with Gasteiger partial charge in [0.15, 0.2) is 0 Å². The van der Waals surface area contributed by atoms with Crippen LogP contribution in [-0.4, -0.2) is 28.1 Å². The lowest BCUT2D eigenvalue weighted by Crippen LogP contribution is -2.42. The van der Waals surface area contributed by atoms with Gasteiger partial charge in [-0.1, -0.05) is 12.1 Å². The summed E-state index contributed by atoms with van der Waals surface area (Å²) in [5.41, 5.74) is 4.08. The summed E-state index contributed by atoms with van der Waals surface area (Å²) in [6, 6.07) is 6.91. The Morgan fingerprint density at radius 3 is 2.41 bits per heavy atom. The quantitative estimate of drug-likeness (QED) is 0.354. The number of carbonyl (C=O) groups is 2. The minimum Gasteiger partial charge on any atom is -0.508 e. The number of fused-ring (bicyclic) bond motifs is 2. The number of amides is 1. The molecule has 3 N–H and O–H groups in total. The monoisotopic (exact) mass is 463 g/mol. The number of carboxylic acids is 1. The summed E-state index contributed by atoms with van der Waals surface area (Å²) in [6.07, 6.45) is 1.77. The molecule has 176 valence electrons. The average molecular weight is 463 g/mol. The Morgan fingerprint density at radius 2 is 1.74 bits per heavy atom. The summed E-state index contributed by atoms with van der Waals surface area (Å²) in [5, 5.41) is 23.1. The largest absolute Gasteiger partial charge is 0.508 e. The Morgan fingerprint density at radius 1 is 1.03 bits per heavy atom. The third kappa shape index (κ3) is 4.39. The maximum atomic E-state index is 12.7. The molecule has 0 aliphatic heterocycles. The Kier molecular flexibility index (Phi) is 6.15. The average Bonchev–Trinajstić information content (AvgIpc) is 3.16. The molecule has 8 heteroatoms. The SMILES string of the molecule is Cc1coc2c(C)c3oc(=O)c(CCC(=O)NC(Cc4ccc(O)cc4)C(=O)O)c(C)c3cc12. The fourth-order valence-electron chi connectivity index (χ4n) is 4.18. The molecular formula is C26H25NO7. The number of hydrogen-bond donors (Lipinski definition) is 3. The van der Waals surface area contributed by atoms with Crippen LogP contribution in [0.4, 0.5) is 0 Å². The van der Waals surface area contributed by atoms with Crippen molar-refractivity contribution < 1.29 is 28.6 Å². The highest BCUT2D eigenvalue weighted by atomic mass is 16.4. The maximum Gasteiger partial charge on any atom is 0.339 e. The van der Waals surface area contributed by atoms with E-state index in [-0.39, 0.29) is 25.0 Å². The fourth-order valence-corrected chi connectivity index (χ4v) is 4.18. The van der Waals surface area contributed by atoms with Crippen molar-refractivity contribution in [3.8, 4) is 5.75 Å². The number of furan rings is 1. The van der Waals surface area contributed by atoms with Crippen LogP contribution >= 0.6 is 0 Å². The summed E-state index contributed by atoms with van der Waals surface area (Å²) in [4.78, 5) is 36.9. The molecule has 0 aliphatic rings. The van der Waals surface area contributed by atoms with Gasteiger partial charge in [0.1, 0.15) is 23.0 Å². The molecule has 1 unspecified atom stereocenters. The molecule has 1 atom stereocenters. The van der Waals surface area contributed by atoms with Crippen LogP contribution < -0.4 is 10.9 Å². The van der Waals surface area contributed by atoms with E-state index in [0.29, 0.717) is 22.3 Å². The summed E-state index contributed by atoms with van der Waals surface area (Å²) in [5.74, 6) is -1.58. The Bertz CT molecular complexity index is 1460. The van der Waals surface area contributed by atoms with Gasteiger partial charge in [-0.05, 0) is 62.1 Å². The molecule has 4 rings (SSSR count). The number of phenols is 1. The van der Waals surface area contributed by atoms with E-state index in [4.69, 9.17) is 8.83 Å². The second-order valence-corrected chi connectivity index (χ2v) is 8.50. The van der Waals surface area contributed by atoms with Crippen molar-refractivity contribution in [2.45, 2.75) is 46.1 Å². The number of carboxylic acid groups (broad SMARTS) is 1. The van der Waals surface area contributed by atoms with Gasteiger partial charge in [0.05, 0.1) is 6.26 Å². The first-order valence-corrected chi connectivity index (χ1v) is 10.9. The number of aryl methyl sites for hydroxylation is 3.